The summed E-state index contributed by atoms with van der Waals surface area (Å²) in [5.41, 5.74) is 3.28. The van der Waals surface area contributed by atoms with Crippen molar-refractivity contribution in [2.45, 2.75) is 25.2 Å². The molecule has 0 radical (unpaired) electrons. The second-order valence-electron chi connectivity index (χ2n) is 6.33. The zero-order valence-electron chi connectivity index (χ0n) is 14.8. The number of Topliss-reactive ketones (excluding diaryl/α,β-unsaturated/α-hetero) is 1. The fourth-order valence-electron chi connectivity index (χ4n) is 2.89. The predicted molar refractivity (Wildman–Crippen MR) is 107 cm³/mol. The van der Waals surface area contributed by atoms with Crippen LogP contribution in [0.2, 0.25) is 0 Å². The Hall–Kier alpha value is -3.11. The molecule has 3 aromatic carbocycles. The van der Waals surface area contributed by atoms with Crippen molar-refractivity contribution in [3.63, 3.8) is 0 Å². The zero-order valence-corrected chi connectivity index (χ0v) is 14.8. The Labute approximate surface area is 155 Å². The maximum Gasteiger partial charge on any atom is 0.134 e. The van der Waals surface area contributed by atoms with Crippen LogP contribution >= 0.6 is 0 Å². The van der Waals surface area contributed by atoms with E-state index >= 15 is 0 Å². The van der Waals surface area contributed by atoms with Gasteiger partial charge in [-0.1, -0.05) is 90.7 Å². The summed E-state index contributed by atoms with van der Waals surface area (Å²) in [7, 11) is 0. The molecular formula is C25H22O. The number of hydrogen-bond donors (Lipinski definition) is 0. The molecule has 0 bridgehead atoms. The van der Waals surface area contributed by atoms with Gasteiger partial charge < -0.3 is 0 Å². The van der Waals surface area contributed by atoms with Gasteiger partial charge in [-0.25, -0.2) is 0 Å². The van der Waals surface area contributed by atoms with Crippen molar-refractivity contribution in [3.8, 4) is 11.8 Å². The number of rotatable bonds is 6. The summed E-state index contributed by atoms with van der Waals surface area (Å²) in [5, 5.41) is 0. The lowest BCUT2D eigenvalue weighted by atomic mass is 9.92. The molecule has 1 nitrogen and oxygen atoms in total. The third-order valence-corrected chi connectivity index (χ3v) is 4.33. The molecule has 0 aliphatic rings. The molecule has 0 amide bonds. The summed E-state index contributed by atoms with van der Waals surface area (Å²) in [4.78, 5) is 12.5. The van der Waals surface area contributed by atoms with Crippen LogP contribution in [0.4, 0.5) is 0 Å². The van der Waals surface area contributed by atoms with Crippen molar-refractivity contribution in [2.24, 2.45) is 0 Å². The fraction of sp³-hybridized carbons (Fsp3) is 0.160. The summed E-state index contributed by atoms with van der Waals surface area (Å²) < 4.78 is 0. The van der Waals surface area contributed by atoms with E-state index < -0.39 is 0 Å². The van der Waals surface area contributed by atoms with Gasteiger partial charge in [-0.15, -0.1) is 0 Å². The molecule has 26 heavy (non-hydrogen) atoms. The molecule has 3 aromatic rings. The Morgan fingerprint density at radius 2 is 1.35 bits per heavy atom. The monoisotopic (exact) mass is 338 g/mol. The molecule has 3 rings (SSSR count). The molecule has 0 spiro atoms. The van der Waals surface area contributed by atoms with Gasteiger partial charge >= 0.3 is 0 Å². The van der Waals surface area contributed by atoms with Crippen molar-refractivity contribution >= 4 is 5.78 Å². The third-order valence-electron chi connectivity index (χ3n) is 4.33. The number of carbonyl (C=O) groups is 1. The first kappa shape index (κ1) is 17.7. The van der Waals surface area contributed by atoms with Crippen LogP contribution in [-0.4, -0.2) is 5.78 Å². The molecule has 128 valence electrons. The molecule has 0 aliphatic carbocycles. The molecule has 0 unspecified atom stereocenters. The van der Waals surface area contributed by atoms with E-state index in [9.17, 15) is 4.79 Å². The zero-order chi connectivity index (χ0) is 18.0. The molecule has 0 aliphatic heterocycles. The van der Waals surface area contributed by atoms with E-state index in [1.54, 1.807) is 0 Å². The van der Waals surface area contributed by atoms with Crippen LogP contribution in [0.1, 0.15) is 35.4 Å². The van der Waals surface area contributed by atoms with Gasteiger partial charge in [0.15, 0.2) is 0 Å². The smallest absolute Gasteiger partial charge is 0.134 e. The van der Waals surface area contributed by atoms with E-state index in [0.717, 1.165) is 17.5 Å². The van der Waals surface area contributed by atoms with Crippen molar-refractivity contribution in [3.05, 3.63) is 108 Å². The quantitative estimate of drug-likeness (QED) is 0.549. The molecule has 1 atom stereocenters. The second kappa shape index (κ2) is 9.39. The van der Waals surface area contributed by atoms with Gasteiger partial charge in [-0.3, -0.25) is 4.79 Å². The number of hydrogen-bond acceptors (Lipinski definition) is 1. The van der Waals surface area contributed by atoms with E-state index in [0.29, 0.717) is 12.8 Å². The maximum atomic E-state index is 12.5. The highest BCUT2D eigenvalue weighted by molar-refractivity contribution is 5.80. The Morgan fingerprint density at radius 1 is 0.769 bits per heavy atom. The Balaban J connectivity index is 1.70. The number of benzene rings is 3. The van der Waals surface area contributed by atoms with E-state index in [1.165, 1.54) is 5.56 Å². The third kappa shape index (κ3) is 5.46. The maximum absolute atomic E-state index is 12.5. The van der Waals surface area contributed by atoms with E-state index in [2.05, 4.69) is 36.1 Å². The topological polar surface area (TPSA) is 17.1 Å². The minimum atomic E-state index is -0.0697. The van der Waals surface area contributed by atoms with Gasteiger partial charge in [-0.2, -0.15) is 0 Å². The molecule has 0 N–H and O–H groups in total. The van der Waals surface area contributed by atoms with Crippen molar-refractivity contribution < 1.29 is 4.79 Å². The van der Waals surface area contributed by atoms with Gasteiger partial charge in [0.1, 0.15) is 5.78 Å². The number of aryl methyl sites for hydroxylation is 1. The van der Waals surface area contributed by atoms with Crippen molar-refractivity contribution in [1.29, 1.82) is 0 Å². The van der Waals surface area contributed by atoms with Crippen LogP contribution in [-0.2, 0) is 11.2 Å². The van der Waals surface area contributed by atoms with Gasteiger partial charge in [-0.05, 0) is 29.7 Å². The number of carbonyl (C=O) groups excluding carboxylic acids is 1. The summed E-state index contributed by atoms with van der Waals surface area (Å²) in [6, 6.07) is 30.2. The molecule has 0 saturated heterocycles. The Bertz CT molecular complexity index is 871. The lowest BCUT2D eigenvalue weighted by Gasteiger charge is -2.10. The minimum Gasteiger partial charge on any atom is -0.300 e. The highest BCUT2D eigenvalue weighted by Crippen LogP contribution is 2.20. The molecule has 0 aromatic heterocycles. The van der Waals surface area contributed by atoms with Gasteiger partial charge in [0.05, 0.1) is 5.92 Å². The average Bonchev–Trinajstić information content (AvgIpc) is 2.72. The lowest BCUT2D eigenvalue weighted by Crippen LogP contribution is -2.07. The SMILES string of the molecule is O=C(CCc1ccccc1)C[C@@H](C#Cc1ccccc1)c1ccccc1. The first-order valence-electron chi connectivity index (χ1n) is 8.98. The van der Waals surface area contributed by atoms with Crippen molar-refractivity contribution in [2.75, 3.05) is 0 Å². The molecule has 0 saturated carbocycles. The first-order valence-corrected chi connectivity index (χ1v) is 8.98. The largest absolute Gasteiger partial charge is 0.300 e. The van der Waals surface area contributed by atoms with Crippen LogP contribution in [0.15, 0.2) is 91.0 Å². The van der Waals surface area contributed by atoms with Gasteiger partial charge in [0.2, 0.25) is 0 Å². The summed E-state index contributed by atoms with van der Waals surface area (Å²) in [6.07, 6.45) is 1.80. The van der Waals surface area contributed by atoms with Gasteiger partial charge in [0.25, 0.3) is 0 Å². The standard InChI is InChI=1S/C25H22O/c26-25(19-17-22-12-6-2-7-13-22)20-24(23-14-8-3-9-15-23)18-16-21-10-4-1-5-11-21/h1-15,24H,17,19-20H2/t24-/m1/s1. The van der Waals surface area contributed by atoms with Gasteiger partial charge in [0, 0.05) is 18.4 Å². The number of ketones is 1. The predicted octanol–water partition coefficient (Wildman–Crippen LogP) is 5.41. The van der Waals surface area contributed by atoms with Crippen LogP contribution in [0.25, 0.3) is 0 Å². The highest BCUT2D eigenvalue weighted by Gasteiger charge is 2.13. The van der Waals surface area contributed by atoms with Crippen LogP contribution in [0, 0.1) is 11.8 Å². The summed E-state index contributed by atoms with van der Waals surface area (Å²) >= 11 is 0. The van der Waals surface area contributed by atoms with Crippen molar-refractivity contribution in [1.82, 2.24) is 0 Å². The molecular weight excluding hydrogens is 316 g/mol. The molecule has 0 heterocycles. The Morgan fingerprint density at radius 3 is 2.00 bits per heavy atom. The second-order valence-corrected chi connectivity index (χ2v) is 6.33. The summed E-state index contributed by atoms with van der Waals surface area (Å²) in [6.45, 7) is 0. The van der Waals surface area contributed by atoms with Crippen LogP contribution in [0.3, 0.4) is 0 Å². The normalized spacial score (nSPS) is 11.2. The highest BCUT2D eigenvalue weighted by atomic mass is 16.1. The first-order chi connectivity index (χ1) is 12.8. The average molecular weight is 338 g/mol. The van der Waals surface area contributed by atoms with Crippen LogP contribution in [0.5, 0.6) is 0 Å². The fourth-order valence-corrected chi connectivity index (χ4v) is 2.89. The van der Waals surface area contributed by atoms with Crippen LogP contribution < -0.4 is 0 Å². The summed E-state index contributed by atoms with van der Waals surface area (Å²) in [5.74, 6) is 6.72. The Kier molecular flexibility index (Phi) is 6.40. The van der Waals surface area contributed by atoms with E-state index in [4.69, 9.17) is 0 Å². The molecule has 1 heteroatoms. The molecule has 0 fully saturated rings. The van der Waals surface area contributed by atoms with E-state index in [1.807, 2.05) is 66.7 Å². The lowest BCUT2D eigenvalue weighted by molar-refractivity contribution is -0.119. The minimum absolute atomic E-state index is 0.0697. The van der Waals surface area contributed by atoms with E-state index in [-0.39, 0.29) is 11.7 Å².